The Labute approximate surface area is 126 Å². The molecule has 106 valence electrons. The zero-order valence-electron chi connectivity index (χ0n) is 11.1. The first-order valence-corrected chi connectivity index (χ1v) is 6.81. The second-order valence-electron chi connectivity index (χ2n) is 4.57. The van der Waals surface area contributed by atoms with Crippen LogP contribution in [0.3, 0.4) is 0 Å². The van der Waals surface area contributed by atoms with Crippen molar-refractivity contribution >= 4 is 34.2 Å². The van der Waals surface area contributed by atoms with Crippen LogP contribution in [0, 0.1) is 0 Å². The largest absolute Gasteiger partial charge is 0.334 e. The summed E-state index contributed by atoms with van der Waals surface area (Å²) in [6, 6.07) is 12.7. The molecule has 5 nitrogen and oxygen atoms in total. The fourth-order valence-corrected chi connectivity index (χ4v) is 2.22. The summed E-state index contributed by atoms with van der Waals surface area (Å²) >= 11 is 6.04. The standard InChI is InChI=1S/C15H13ClN4O/c16-13-4-2-1-3-10(13)8-17-15(21)19-12-5-6-14-11(7-12)9-18-20-14/h1-7,9H,8H2,(H,18,20)(H2,17,19,21). The van der Waals surface area contributed by atoms with E-state index in [1.54, 1.807) is 12.3 Å². The van der Waals surface area contributed by atoms with Crippen molar-refractivity contribution in [3.8, 4) is 0 Å². The summed E-state index contributed by atoms with van der Waals surface area (Å²) in [6.45, 7) is 0.374. The number of hydrogen-bond acceptors (Lipinski definition) is 2. The predicted molar refractivity (Wildman–Crippen MR) is 83.4 cm³/mol. The Morgan fingerprint density at radius 2 is 2.10 bits per heavy atom. The molecule has 0 saturated carbocycles. The first-order chi connectivity index (χ1) is 10.2. The van der Waals surface area contributed by atoms with Gasteiger partial charge in [0.15, 0.2) is 0 Å². The molecule has 3 aromatic rings. The predicted octanol–water partition coefficient (Wildman–Crippen LogP) is 3.54. The molecule has 6 heteroatoms. The molecule has 0 aliphatic heterocycles. The van der Waals surface area contributed by atoms with Crippen molar-refractivity contribution in [3.63, 3.8) is 0 Å². The first kappa shape index (κ1) is 13.5. The van der Waals surface area contributed by atoms with E-state index in [0.717, 1.165) is 16.5 Å². The molecule has 0 atom stereocenters. The minimum atomic E-state index is -0.280. The van der Waals surface area contributed by atoms with Gasteiger partial charge in [-0.15, -0.1) is 0 Å². The van der Waals surface area contributed by atoms with Crippen molar-refractivity contribution in [2.75, 3.05) is 5.32 Å². The number of hydrogen-bond donors (Lipinski definition) is 3. The smallest absolute Gasteiger partial charge is 0.319 e. The van der Waals surface area contributed by atoms with Crippen molar-refractivity contribution < 1.29 is 4.79 Å². The molecule has 0 bridgehead atoms. The number of aromatic nitrogens is 2. The molecule has 0 aliphatic carbocycles. The Balaban J connectivity index is 1.62. The molecule has 2 aromatic carbocycles. The summed E-state index contributed by atoms with van der Waals surface area (Å²) in [4.78, 5) is 11.9. The summed E-state index contributed by atoms with van der Waals surface area (Å²) in [6.07, 6.45) is 1.71. The maximum absolute atomic E-state index is 11.9. The minimum absolute atomic E-state index is 0.280. The molecule has 1 aromatic heterocycles. The number of nitrogens with zero attached hydrogens (tertiary/aromatic N) is 1. The minimum Gasteiger partial charge on any atom is -0.334 e. The van der Waals surface area contributed by atoms with Crippen LogP contribution in [0.4, 0.5) is 10.5 Å². The molecule has 3 rings (SSSR count). The summed E-state index contributed by atoms with van der Waals surface area (Å²) in [5, 5.41) is 13.9. The van der Waals surface area contributed by atoms with Gasteiger partial charge in [-0.1, -0.05) is 29.8 Å². The number of aromatic amines is 1. The van der Waals surface area contributed by atoms with Crippen molar-refractivity contribution in [1.29, 1.82) is 0 Å². The molecule has 21 heavy (non-hydrogen) atoms. The van der Waals surface area contributed by atoms with Gasteiger partial charge in [-0.05, 0) is 29.8 Å². The highest BCUT2D eigenvalue weighted by Crippen LogP contribution is 2.17. The van der Waals surface area contributed by atoms with Crippen LogP contribution in [0.2, 0.25) is 5.02 Å². The molecule has 3 N–H and O–H groups in total. The monoisotopic (exact) mass is 300 g/mol. The van der Waals surface area contributed by atoms with Gasteiger partial charge in [-0.3, -0.25) is 5.10 Å². The number of nitrogens with one attached hydrogen (secondary N) is 3. The fraction of sp³-hybridized carbons (Fsp3) is 0.0667. The second kappa shape index (κ2) is 5.85. The normalized spacial score (nSPS) is 10.5. The molecular formula is C15H13ClN4O. The lowest BCUT2D eigenvalue weighted by Crippen LogP contribution is -2.28. The Hall–Kier alpha value is -2.53. The van der Waals surface area contributed by atoms with Crippen molar-refractivity contribution in [3.05, 3.63) is 59.2 Å². The number of carbonyl (C=O) groups is 1. The number of anilines is 1. The van der Waals surface area contributed by atoms with E-state index in [1.807, 2.05) is 36.4 Å². The highest BCUT2D eigenvalue weighted by atomic mass is 35.5. The SMILES string of the molecule is O=C(NCc1ccccc1Cl)Nc1ccc2[nH]ncc2c1. The highest BCUT2D eigenvalue weighted by Gasteiger charge is 2.05. The van der Waals surface area contributed by atoms with Crippen LogP contribution in [-0.2, 0) is 6.54 Å². The molecule has 0 saturated heterocycles. The average molecular weight is 301 g/mol. The van der Waals surface area contributed by atoms with E-state index >= 15 is 0 Å². The third-order valence-electron chi connectivity index (χ3n) is 3.10. The van der Waals surface area contributed by atoms with E-state index in [9.17, 15) is 4.79 Å². The number of benzene rings is 2. The number of halogens is 1. The molecule has 2 amide bonds. The van der Waals surface area contributed by atoms with E-state index < -0.39 is 0 Å². The first-order valence-electron chi connectivity index (χ1n) is 6.44. The molecule has 0 unspecified atom stereocenters. The van der Waals surface area contributed by atoms with Crippen LogP contribution in [0.15, 0.2) is 48.7 Å². The summed E-state index contributed by atoms with van der Waals surface area (Å²) < 4.78 is 0. The summed E-state index contributed by atoms with van der Waals surface area (Å²) in [5.74, 6) is 0. The van der Waals surface area contributed by atoms with Gasteiger partial charge in [0.05, 0.1) is 11.7 Å². The van der Waals surface area contributed by atoms with E-state index in [2.05, 4.69) is 20.8 Å². The highest BCUT2D eigenvalue weighted by molar-refractivity contribution is 6.31. The van der Waals surface area contributed by atoms with Crippen molar-refractivity contribution in [1.82, 2.24) is 15.5 Å². The number of rotatable bonds is 3. The van der Waals surface area contributed by atoms with Crippen LogP contribution in [0.25, 0.3) is 10.9 Å². The van der Waals surface area contributed by atoms with E-state index in [0.29, 0.717) is 17.3 Å². The maximum Gasteiger partial charge on any atom is 0.319 e. The lowest BCUT2D eigenvalue weighted by atomic mass is 10.2. The molecule has 0 fully saturated rings. The second-order valence-corrected chi connectivity index (χ2v) is 4.98. The number of fused-ring (bicyclic) bond motifs is 1. The van der Waals surface area contributed by atoms with E-state index in [-0.39, 0.29) is 6.03 Å². The maximum atomic E-state index is 11.9. The third-order valence-corrected chi connectivity index (χ3v) is 3.46. The summed E-state index contributed by atoms with van der Waals surface area (Å²) in [5.41, 5.74) is 2.51. The van der Waals surface area contributed by atoms with Crippen LogP contribution >= 0.6 is 11.6 Å². The topological polar surface area (TPSA) is 69.8 Å². The Bertz CT molecular complexity index is 784. The zero-order valence-corrected chi connectivity index (χ0v) is 11.8. The Morgan fingerprint density at radius 1 is 1.24 bits per heavy atom. The van der Waals surface area contributed by atoms with Crippen LogP contribution in [-0.4, -0.2) is 16.2 Å². The van der Waals surface area contributed by atoms with Gasteiger partial charge in [0.2, 0.25) is 0 Å². The number of carbonyl (C=O) groups excluding carboxylic acids is 1. The summed E-state index contributed by atoms with van der Waals surface area (Å²) in [7, 11) is 0. The van der Waals surface area contributed by atoms with Gasteiger partial charge >= 0.3 is 6.03 Å². The van der Waals surface area contributed by atoms with Gasteiger partial charge in [-0.2, -0.15) is 5.10 Å². The molecular weight excluding hydrogens is 288 g/mol. The molecule has 0 spiro atoms. The fourth-order valence-electron chi connectivity index (χ4n) is 2.01. The Morgan fingerprint density at radius 3 is 2.95 bits per heavy atom. The lowest BCUT2D eigenvalue weighted by molar-refractivity contribution is 0.252. The van der Waals surface area contributed by atoms with Gasteiger partial charge in [0.1, 0.15) is 0 Å². The molecule has 1 heterocycles. The van der Waals surface area contributed by atoms with Gasteiger partial charge in [-0.25, -0.2) is 4.79 Å². The van der Waals surface area contributed by atoms with E-state index in [4.69, 9.17) is 11.6 Å². The Kier molecular flexibility index (Phi) is 3.75. The number of amides is 2. The van der Waals surface area contributed by atoms with Crippen molar-refractivity contribution in [2.24, 2.45) is 0 Å². The zero-order chi connectivity index (χ0) is 14.7. The number of urea groups is 1. The molecule has 0 radical (unpaired) electrons. The molecule has 0 aliphatic rings. The lowest BCUT2D eigenvalue weighted by Gasteiger charge is -2.08. The van der Waals surface area contributed by atoms with Crippen LogP contribution in [0.5, 0.6) is 0 Å². The van der Waals surface area contributed by atoms with Gasteiger partial charge < -0.3 is 10.6 Å². The average Bonchev–Trinajstić information content (AvgIpc) is 2.94. The van der Waals surface area contributed by atoms with Gasteiger partial charge in [0, 0.05) is 22.6 Å². The van der Waals surface area contributed by atoms with Crippen LogP contribution in [0.1, 0.15) is 5.56 Å². The number of H-pyrrole nitrogens is 1. The van der Waals surface area contributed by atoms with E-state index in [1.165, 1.54) is 0 Å². The van der Waals surface area contributed by atoms with Crippen molar-refractivity contribution in [2.45, 2.75) is 6.54 Å². The quantitative estimate of drug-likeness (QED) is 0.692. The van der Waals surface area contributed by atoms with Gasteiger partial charge in [0.25, 0.3) is 0 Å². The van der Waals surface area contributed by atoms with Crippen LogP contribution < -0.4 is 10.6 Å². The third kappa shape index (κ3) is 3.14.